The first-order chi connectivity index (χ1) is 7.33. The summed E-state index contributed by atoms with van der Waals surface area (Å²) in [5, 5.41) is 3.54. The summed E-state index contributed by atoms with van der Waals surface area (Å²) in [5.74, 6) is 0.475. The molecule has 0 spiro atoms. The van der Waals surface area contributed by atoms with E-state index in [4.69, 9.17) is 4.42 Å². The second-order valence-corrected chi connectivity index (χ2v) is 4.68. The van der Waals surface area contributed by atoms with Gasteiger partial charge in [0.05, 0.1) is 11.8 Å². The van der Waals surface area contributed by atoms with Crippen molar-refractivity contribution in [3.63, 3.8) is 0 Å². The first kappa shape index (κ1) is 9.16. The predicted octanol–water partition coefficient (Wildman–Crippen LogP) is 1.99. The minimum absolute atomic E-state index is 0.210. The zero-order valence-corrected chi connectivity index (χ0v) is 8.61. The fourth-order valence-corrected chi connectivity index (χ4v) is 2.91. The van der Waals surface area contributed by atoms with Crippen LogP contribution in [0.25, 0.3) is 0 Å². The summed E-state index contributed by atoms with van der Waals surface area (Å²) in [7, 11) is 0. The van der Waals surface area contributed by atoms with E-state index < -0.39 is 0 Å². The summed E-state index contributed by atoms with van der Waals surface area (Å²) in [5.41, 5.74) is 0.737. The minimum atomic E-state index is 0.210. The van der Waals surface area contributed by atoms with Crippen molar-refractivity contribution >= 4 is 5.78 Å². The Morgan fingerprint density at radius 3 is 2.67 bits per heavy atom. The molecular weight excluding hydrogens is 190 g/mol. The molecule has 3 heteroatoms. The molecular formula is C12H15NO2. The van der Waals surface area contributed by atoms with Gasteiger partial charge in [0.2, 0.25) is 0 Å². The molecule has 1 aromatic heterocycles. The molecule has 2 atom stereocenters. The molecule has 2 bridgehead atoms. The summed E-state index contributed by atoms with van der Waals surface area (Å²) in [6.45, 7) is 0. The Hall–Kier alpha value is -1.09. The molecule has 15 heavy (non-hydrogen) atoms. The zero-order valence-electron chi connectivity index (χ0n) is 8.61. The highest BCUT2D eigenvalue weighted by Gasteiger charge is 2.36. The van der Waals surface area contributed by atoms with Gasteiger partial charge in [0, 0.05) is 18.0 Å². The lowest BCUT2D eigenvalue weighted by Crippen LogP contribution is -2.40. The monoisotopic (exact) mass is 205 g/mol. The average Bonchev–Trinajstić information content (AvgIpc) is 2.87. The van der Waals surface area contributed by atoms with E-state index in [1.54, 1.807) is 18.6 Å². The largest absolute Gasteiger partial charge is 0.472 e. The van der Waals surface area contributed by atoms with Crippen LogP contribution in [0.3, 0.4) is 0 Å². The summed E-state index contributed by atoms with van der Waals surface area (Å²) in [6, 6.07) is 2.92. The lowest BCUT2D eigenvalue weighted by Gasteiger charge is -2.27. The van der Waals surface area contributed by atoms with Crippen LogP contribution < -0.4 is 5.32 Å². The summed E-state index contributed by atoms with van der Waals surface area (Å²) < 4.78 is 4.96. The second kappa shape index (κ2) is 3.49. The minimum Gasteiger partial charge on any atom is -0.472 e. The van der Waals surface area contributed by atoms with E-state index in [0.29, 0.717) is 12.1 Å². The third kappa shape index (κ3) is 1.61. The van der Waals surface area contributed by atoms with Crippen LogP contribution in [0.1, 0.15) is 36.0 Å². The van der Waals surface area contributed by atoms with Gasteiger partial charge in [0.1, 0.15) is 6.26 Å². The van der Waals surface area contributed by atoms with Crippen LogP contribution in [0, 0.1) is 5.92 Å². The standard InChI is InChI=1S/C12H15NO2/c14-12(8-3-4-15-7-8)9-5-10-1-2-11(6-9)13-10/h3-4,7,9-11,13H,1-2,5-6H2. The Balaban J connectivity index is 1.75. The summed E-state index contributed by atoms with van der Waals surface area (Å²) in [4.78, 5) is 12.1. The van der Waals surface area contributed by atoms with Crippen LogP contribution in [0.2, 0.25) is 0 Å². The molecule has 2 saturated heterocycles. The van der Waals surface area contributed by atoms with Gasteiger partial charge in [0.15, 0.2) is 5.78 Å². The van der Waals surface area contributed by atoms with Gasteiger partial charge in [-0.3, -0.25) is 4.79 Å². The van der Waals surface area contributed by atoms with Crippen LogP contribution >= 0.6 is 0 Å². The first-order valence-electron chi connectivity index (χ1n) is 5.65. The smallest absolute Gasteiger partial charge is 0.169 e. The Bertz CT molecular complexity index is 346. The molecule has 3 nitrogen and oxygen atoms in total. The van der Waals surface area contributed by atoms with Crippen molar-refractivity contribution in [2.75, 3.05) is 0 Å². The molecule has 2 unspecified atom stereocenters. The SMILES string of the molecule is O=C(c1ccoc1)C1CC2CCC(C1)N2. The van der Waals surface area contributed by atoms with E-state index in [-0.39, 0.29) is 11.7 Å². The number of carbonyl (C=O) groups is 1. The van der Waals surface area contributed by atoms with Gasteiger partial charge >= 0.3 is 0 Å². The Morgan fingerprint density at radius 1 is 1.33 bits per heavy atom. The highest BCUT2D eigenvalue weighted by atomic mass is 16.3. The van der Waals surface area contributed by atoms with E-state index in [9.17, 15) is 4.79 Å². The molecule has 0 radical (unpaired) electrons. The fraction of sp³-hybridized carbons (Fsp3) is 0.583. The van der Waals surface area contributed by atoms with E-state index in [0.717, 1.165) is 18.4 Å². The molecule has 0 aliphatic carbocycles. The number of hydrogen-bond acceptors (Lipinski definition) is 3. The normalized spacial score (nSPS) is 34.3. The molecule has 2 aliphatic heterocycles. The Labute approximate surface area is 88.8 Å². The van der Waals surface area contributed by atoms with Crippen molar-refractivity contribution in [3.8, 4) is 0 Å². The van der Waals surface area contributed by atoms with Gasteiger partial charge in [-0.15, -0.1) is 0 Å². The fourth-order valence-electron chi connectivity index (χ4n) is 2.91. The van der Waals surface area contributed by atoms with E-state index in [1.807, 2.05) is 0 Å². The molecule has 0 aromatic carbocycles. The number of nitrogens with one attached hydrogen (secondary N) is 1. The van der Waals surface area contributed by atoms with Gasteiger partial charge in [-0.25, -0.2) is 0 Å². The topological polar surface area (TPSA) is 42.2 Å². The number of hydrogen-bond donors (Lipinski definition) is 1. The zero-order chi connectivity index (χ0) is 10.3. The maximum atomic E-state index is 12.1. The summed E-state index contributed by atoms with van der Waals surface area (Å²) in [6.07, 6.45) is 7.61. The second-order valence-electron chi connectivity index (χ2n) is 4.68. The van der Waals surface area contributed by atoms with Crippen molar-refractivity contribution in [2.24, 2.45) is 5.92 Å². The Kier molecular flexibility index (Phi) is 2.13. The van der Waals surface area contributed by atoms with Crippen LogP contribution in [-0.2, 0) is 0 Å². The van der Waals surface area contributed by atoms with Gasteiger partial charge in [-0.1, -0.05) is 0 Å². The van der Waals surface area contributed by atoms with Crippen LogP contribution in [0.15, 0.2) is 23.0 Å². The molecule has 2 fully saturated rings. The van der Waals surface area contributed by atoms with Crippen LogP contribution in [-0.4, -0.2) is 17.9 Å². The average molecular weight is 205 g/mol. The van der Waals surface area contributed by atoms with E-state index >= 15 is 0 Å². The molecule has 0 amide bonds. The van der Waals surface area contributed by atoms with Gasteiger partial charge < -0.3 is 9.73 Å². The van der Waals surface area contributed by atoms with Gasteiger partial charge in [-0.2, -0.15) is 0 Å². The van der Waals surface area contributed by atoms with Crippen molar-refractivity contribution in [2.45, 2.75) is 37.8 Å². The highest BCUT2D eigenvalue weighted by molar-refractivity contribution is 5.97. The maximum absolute atomic E-state index is 12.1. The van der Waals surface area contributed by atoms with Gasteiger partial charge in [0.25, 0.3) is 0 Å². The van der Waals surface area contributed by atoms with Crippen LogP contribution in [0.4, 0.5) is 0 Å². The van der Waals surface area contributed by atoms with Crippen molar-refractivity contribution in [3.05, 3.63) is 24.2 Å². The number of ketones is 1. The molecule has 3 heterocycles. The third-order valence-electron chi connectivity index (χ3n) is 3.65. The predicted molar refractivity (Wildman–Crippen MR) is 55.7 cm³/mol. The molecule has 1 aromatic rings. The van der Waals surface area contributed by atoms with Gasteiger partial charge in [-0.05, 0) is 31.7 Å². The number of rotatable bonds is 2. The van der Waals surface area contributed by atoms with Crippen molar-refractivity contribution in [1.29, 1.82) is 0 Å². The molecule has 1 N–H and O–H groups in total. The molecule has 0 saturated carbocycles. The Morgan fingerprint density at radius 2 is 2.07 bits per heavy atom. The van der Waals surface area contributed by atoms with Crippen LogP contribution in [0.5, 0.6) is 0 Å². The number of furan rings is 1. The highest BCUT2D eigenvalue weighted by Crippen LogP contribution is 2.32. The van der Waals surface area contributed by atoms with Crippen molar-refractivity contribution in [1.82, 2.24) is 5.32 Å². The molecule has 3 rings (SSSR count). The number of Topliss-reactive ketones (excluding diaryl/α,β-unsaturated/α-hetero) is 1. The van der Waals surface area contributed by atoms with Crippen molar-refractivity contribution < 1.29 is 9.21 Å². The lowest BCUT2D eigenvalue weighted by atomic mass is 9.87. The number of piperidine rings is 1. The first-order valence-corrected chi connectivity index (χ1v) is 5.65. The molecule has 2 aliphatic rings. The maximum Gasteiger partial charge on any atom is 0.169 e. The van der Waals surface area contributed by atoms with E-state index in [2.05, 4.69) is 5.32 Å². The molecule has 80 valence electrons. The quantitative estimate of drug-likeness (QED) is 0.751. The summed E-state index contributed by atoms with van der Waals surface area (Å²) >= 11 is 0. The number of fused-ring (bicyclic) bond motifs is 2. The third-order valence-corrected chi connectivity index (χ3v) is 3.65. The number of carbonyl (C=O) groups excluding carboxylic acids is 1. The lowest BCUT2D eigenvalue weighted by molar-refractivity contribution is 0.0875. The van der Waals surface area contributed by atoms with E-state index in [1.165, 1.54) is 12.8 Å².